The van der Waals surface area contributed by atoms with E-state index in [9.17, 15) is 9.59 Å². The van der Waals surface area contributed by atoms with Crippen molar-refractivity contribution in [3.63, 3.8) is 0 Å². The van der Waals surface area contributed by atoms with E-state index in [-0.39, 0.29) is 12.5 Å². The van der Waals surface area contributed by atoms with Gasteiger partial charge in [-0.05, 0) is 23.8 Å². The Morgan fingerprint density at radius 2 is 1.94 bits per heavy atom. The molecule has 3 amide bonds. The van der Waals surface area contributed by atoms with Gasteiger partial charge in [0.25, 0.3) is 5.91 Å². The molecule has 6 nitrogen and oxygen atoms in total. The molecule has 0 atom stereocenters. The van der Waals surface area contributed by atoms with Crippen molar-refractivity contribution in [2.75, 3.05) is 6.79 Å². The fourth-order valence-electron chi connectivity index (χ4n) is 1.65. The van der Waals surface area contributed by atoms with Gasteiger partial charge in [-0.15, -0.1) is 0 Å². The van der Waals surface area contributed by atoms with Crippen LogP contribution in [0.1, 0.15) is 5.56 Å². The molecule has 3 rings (SSSR count). The number of fused-ring (bicyclic) bond motifs is 1. The summed E-state index contributed by atoms with van der Waals surface area (Å²) in [4.78, 5) is 22.2. The van der Waals surface area contributed by atoms with Gasteiger partial charge in [-0.2, -0.15) is 0 Å². The minimum atomic E-state index is -0.512. The maximum absolute atomic E-state index is 11.3. The van der Waals surface area contributed by atoms with Crippen LogP contribution in [0, 0.1) is 0 Å². The Bertz CT molecular complexity index is 550. The summed E-state index contributed by atoms with van der Waals surface area (Å²) in [5.74, 6) is 0.865. The summed E-state index contributed by atoms with van der Waals surface area (Å²) in [5, 5.41) is 4.54. The van der Waals surface area contributed by atoms with Crippen molar-refractivity contribution in [1.82, 2.24) is 10.6 Å². The second-order valence-electron chi connectivity index (χ2n) is 3.58. The zero-order chi connectivity index (χ0) is 11.8. The molecule has 1 aromatic rings. The van der Waals surface area contributed by atoms with E-state index in [1.54, 1.807) is 24.3 Å². The lowest BCUT2D eigenvalue weighted by Crippen LogP contribution is -2.22. The number of carbonyl (C=O) groups excluding carboxylic acids is 2. The number of urea groups is 1. The number of benzene rings is 1. The van der Waals surface area contributed by atoms with E-state index in [1.807, 2.05) is 0 Å². The predicted molar refractivity (Wildman–Crippen MR) is 57.2 cm³/mol. The Labute approximate surface area is 96.2 Å². The molecule has 6 heteroatoms. The van der Waals surface area contributed by atoms with Crippen LogP contribution in [-0.2, 0) is 4.79 Å². The first-order valence-electron chi connectivity index (χ1n) is 4.96. The first-order valence-corrected chi connectivity index (χ1v) is 4.96. The Morgan fingerprint density at radius 3 is 2.71 bits per heavy atom. The molecular weight excluding hydrogens is 224 g/mol. The Kier molecular flexibility index (Phi) is 2.01. The predicted octanol–water partition coefficient (Wildman–Crippen LogP) is 0.596. The van der Waals surface area contributed by atoms with E-state index >= 15 is 0 Å². The summed E-state index contributed by atoms with van der Waals surface area (Å²) < 4.78 is 10.4. The van der Waals surface area contributed by atoms with Gasteiger partial charge in [-0.1, -0.05) is 6.07 Å². The van der Waals surface area contributed by atoms with E-state index in [1.165, 1.54) is 0 Å². The molecule has 1 saturated heterocycles. The SMILES string of the molecule is O=C1NC(=O)C(=Cc2ccc3c(c2)OCO3)N1. The molecule has 0 saturated carbocycles. The van der Waals surface area contributed by atoms with Crippen molar-refractivity contribution in [3.8, 4) is 11.5 Å². The molecule has 1 fully saturated rings. The third-order valence-corrected chi connectivity index (χ3v) is 2.43. The molecular formula is C11H8N2O4. The molecule has 2 aliphatic heterocycles. The topological polar surface area (TPSA) is 76.7 Å². The highest BCUT2D eigenvalue weighted by Crippen LogP contribution is 2.33. The molecule has 0 aliphatic carbocycles. The van der Waals surface area contributed by atoms with Crippen LogP contribution in [0.3, 0.4) is 0 Å². The van der Waals surface area contributed by atoms with Gasteiger partial charge >= 0.3 is 6.03 Å². The summed E-state index contributed by atoms with van der Waals surface area (Å²) in [6.07, 6.45) is 1.57. The van der Waals surface area contributed by atoms with Crippen molar-refractivity contribution in [2.45, 2.75) is 0 Å². The number of nitrogens with one attached hydrogen (secondary N) is 2. The first-order chi connectivity index (χ1) is 8.22. The lowest BCUT2D eigenvalue weighted by atomic mass is 10.1. The number of ether oxygens (including phenoxy) is 2. The highest BCUT2D eigenvalue weighted by molar-refractivity contribution is 6.13. The third-order valence-electron chi connectivity index (χ3n) is 2.43. The average molecular weight is 232 g/mol. The van der Waals surface area contributed by atoms with Crippen LogP contribution < -0.4 is 20.1 Å². The summed E-state index contributed by atoms with van der Waals surface area (Å²) in [7, 11) is 0. The Balaban J connectivity index is 1.93. The van der Waals surface area contributed by atoms with Gasteiger partial charge in [-0.25, -0.2) is 4.79 Å². The molecule has 0 unspecified atom stereocenters. The zero-order valence-electron chi connectivity index (χ0n) is 8.65. The Hall–Kier alpha value is -2.50. The van der Waals surface area contributed by atoms with Crippen molar-refractivity contribution in [3.05, 3.63) is 29.5 Å². The van der Waals surface area contributed by atoms with E-state index in [2.05, 4.69) is 10.6 Å². The lowest BCUT2D eigenvalue weighted by Gasteiger charge is -1.98. The summed E-state index contributed by atoms with van der Waals surface area (Å²) >= 11 is 0. The summed E-state index contributed by atoms with van der Waals surface area (Å²) in [6.45, 7) is 0.201. The van der Waals surface area contributed by atoms with Gasteiger partial charge in [0, 0.05) is 0 Å². The van der Waals surface area contributed by atoms with Crippen molar-refractivity contribution in [2.24, 2.45) is 0 Å². The Morgan fingerprint density at radius 1 is 1.12 bits per heavy atom. The fourth-order valence-corrected chi connectivity index (χ4v) is 1.65. The molecule has 86 valence electrons. The van der Waals surface area contributed by atoms with Gasteiger partial charge in [0.15, 0.2) is 11.5 Å². The summed E-state index contributed by atoms with van der Waals surface area (Å²) in [6, 6.07) is 4.76. The van der Waals surface area contributed by atoms with Crippen molar-refractivity contribution < 1.29 is 19.1 Å². The van der Waals surface area contributed by atoms with E-state index in [4.69, 9.17) is 9.47 Å². The molecule has 17 heavy (non-hydrogen) atoms. The standard InChI is InChI=1S/C11H8N2O4/c14-10-7(12-11(15)13-10)3-6-1-2-8-9(4-6)17-5-16-8/h1-4H,5H2,(H2,12,13,14,15). The molecule has 1 aromatic carbocycles. The molecule has 0 spiro atoms. The molecule has 2 N–H and O–H groups in total. The molecule has 2 heterocycles. The third kappa shape index (κ3) is 1.69. The van der Waals surface area contributed by atoms with Crippen LogP contribution in [0.25, 0.3) is 6.08 Å². The van der Waals surface area contributed by atoms with Crippen molar-refractivity contribution in [1.29, 1.82) is 0 Å². The first kappa shape index (κ1) is 9.71. The van der Waals surface area contributed by atoms with E-state index in [0.717, 1.165) is 5.56 Å². The minimum Gasteiger partial charge on any atom is -0.454 e. The van der Waals surface area contributed by atoms with Crippen LogP contribution >= 0.6 is 0 Å². The quantitative estimate of drug-likeness (QED) is 0.549. The monoisotopic (exact) mass is 232 g/mol. The van der Waals surface area contributed by atoms with Gasteiger partial charge in [-0.3, -0.25) is 10.1 Å². The fraction of sp³-hybridized carbons (Fsp3) is 0.0909. The van der Waals surface area contributed by atoms with Crippen LogP contribution in [0.4, 0.5) is 4.79 Å². The van der Waals surface area contributed by atoms with Crippen LogP contribution in [0.2, 0.25) is 0 Å². The van der Waals surface area contributed by atoms with Crippen LogP contribution in [0.15, 0.2) is 23.9 Å². The number of rotatable bonds is 1. The van der Waals surface area contributed by atoms with Crippen molar-refractivity contribution >= 4 is 18.0 Å². The van der Waals surface area contributed by atoms with E-state index in [0.29, 0.717) is 11.5 Å². The maximum Gasteiger partial charge on any atom is 0.326 e. The largest absolute Gasteiger partial charge is 0.454 e. The smallest absolute Gasteiger partial charge is 0.326 e. The minimum absolute atomic E-state index is 0.201. The van der Waals surface area contributed by atoms with Gasteiger partial charge in [0.1, 0.15) is 5.70 Å². The number of hydrogen-bond donors (Lipinski definition) is 2. The highest BCUT2D eigenvalue weighted by Gasteiger charge is 2.23. The van der Waals surface area contributed by atoms with Gasteiger partial charge < -0.3 is 14.8 Å². The average Bonchev–Trinajstić information content (AvgIpc) is 2.85. The molecule has 0 aromatic heterocycles. The number of imide groups is 1. The van der Waals surface area contributed by atoms with Crippen LogP contribution in [0.5, 0.6) is 11.5 Å². The maximum atomic E-state index is 11.3. The van der Waals surface area contributed by atoms with Crippen LogP contribution in [-0.4, -0.2) is 18.7 Å². The van der Waals surface area contributed by atoms with E-state index < -0.39 is 11.9 Å². The van der Waals surface area contributed by atoms with Gasteiger partial charge in [0.2, 0.25) is 6.79 Å². The molecule has 2 aliphatic rings. The number of amides is 3. The zero-order valence-corrected chi connectivity index (χ0v) is 8.65. The second-order valence-corrected chi connectivity index (χ2v) is 3.58. The molecule has 0 radical (unpaired) electrons. The summed E-state index contributed by atoms with van der Waals surface area (Å²) in [5.41, 5.74) is 0.968. The second kappa shape index (κ2) is 3.51. The number of carbonyl (C=O) groups is 2. The molecule has 0 bridgehead atoms. The van der Waals surface area contributed by atoms with Gasteiger partial charge in [0.05, 0.1) is 0 Å². The number of hydrogen-bond acceptors (Lipinski definition) is 4. The highest BCUT2D eigenvalue weighted by atomic mass is 16.7. The lowest BCUT2D eigenvalue weighted by molar-refractivity contribution is -0.115. The normalized spacial score (nSPS) is 19.4.